The van der Waals surface area contributed by atoms with Crippen LogP contribution in [0.4, 0.5) is 0 Å². The van der Waals surface area contributed by atoms with E-state index in [0.29, 0.717) is 42.0 Å². The number of hydrogen-bond acceptors (Lipinski definition) is 4. The quantitative estimate of drug-likeness (QED) is 0.859. The monoisotopic (exact) mass is 347 g/mol. The molecular weight excluding hydrogens is 329 g/mol. The number of amides is 1. The van der Waals surface area contributed by atoms with Gasteiger partial charge in [-0.25, -0.2) is 0 Å². The van der Waals surface area contributed by atoms with Gasteiger partial charge in [-0.3, -0.25) is 4.79 Å². The number of carbonyl (C=O) groups is 1. The lowest BCUT2D eigenvalue weighted by atomic mass is 10.2. The summed E-state index contributed by atoms with van der Waals surface area (Å²) in [6.45, 7) is 3.58. The minimum absolute atomic E-state index is 0.111. The van der Waals surface area contributed by atoms with Crippen LogP contribution in [0, 0.1) is 0 Å². The van der Waals surface area contributed by atoms with E-state index in [0.717, 1.165) is 6.42 Å². The predicted molar refractivity (Wildman–Crippen MR) is 84.5 cm³/mol. The number of halogens is 2. The molecule has 1 amide bonds. The van der Waals surface area contributed by atoms with E-state index < -0.39 is 5.79 Å². The van der Waals surface area contributed by atoms with E-state index in [2.05, 4.69) is 5.32 Å². The van der Waals surface area contributed by atoms with E-state index in [-0.39, 0.29) is 12.5 Å². The maximum atomic E-state index is 11.8. The molecule has 0 atom stereocenters. The summed E-state index contributed by atoms with van der Waals surface area (Å²) in [4.78, 5) is 11.8. The summed E-state index contributed by atoms with van der Waals surface area (Å²) in [5, 5.41) is 3.65. The average molecular weight is 348 g/mol. The first kappa shape index (κ1) is 17.3. The molecule has 1 aliphatic heterocycles. The number of ether oxygens (including phenoxy) is 3. The van der Waals surface area contributed by atoms with Gasteiger partial charge in [0.2, 0.25) is 0 Å². The van der Waals surface area contributed by atoms with Crippen LogP contribution in [0.3, 0.4) is 0 Å². The second-order valence-electron chi connectivity index (χ2n) is 5.15. The highest BCUT2D eigenvalue weighted by atomic mass is 35.5. The molecule has 0 radical (unpaired) electrons. The Balaban J connectivity index is 1.69. The van der Waals surface area contributed by atoms with Crippen molar-refractivity contribution in [2.45, 2.75) is 25.6 Å². The Hall–Kier alpha value is -1.01. The van der Waals surface area contributed by atoms with Crippen molar-refractivity contribution in [1.82, 2.24) is 5.32 Å². The van der Waals surface area contributed by atoms with E-state index in [9.17, 15) is 4.79 Å². The predicted octanol–water partition coefficient (Wildman–Crippen LogP) is 3.03. The third-order valence-electron chi connectivity index (χ3n) is 3.26. The first-order valence-corrected chi connectivity index (χ1v) is 7.87. The normalized spacial score (nSPS) is 17.0. The number of rotatable bonds is 6. The summed E-state index contributed by atoms with van der Waals surface area (Å²) in [5.74, 6) is -0.427. The minimum atomic E-state index is -0.619. The molecule has 122 valence electrons. The zero-order valence-corrected chi connectivity index (χ0v) is 13.9. The van der Waals surface area contributed by atoms with Crippen LogP contribution in [0.1, 0.15) is 19.8 Å². The molecule has 1 aromatic carbocycles. The van der Waals surface area contributed by atoms with E-state index >= 15 is 0 Å². The van der Waals surface area contributed by atoms with Crippen molar-refractivity contribution in [3.05, 3.63) is 28.2 Å². The standard InChI is InChI=1S/C15H19Cl2NO4/c1-15(21-7-2-8-22-15)5-6-18-14(19)10-20-13-4-3-11(16)9-12(13)17/h3-4,9H,2,5-8,10H2,1H3,(H,18,19). The third kappa shape index (κ3) is 5.32. The second kappa shape index (κ2) is 8.02. The van der Waals surface area contributed by atoms with Gasteiger partial charge in [0.1, 0.15) is 5.75 Å². The number of carbonyl (C=O) groups excluding carboxylic acids is 1. The Bertz CT molecular complexity index is 518. The summed E-state index contributed by atoms with van der Waals surface area (Å²) in [6.07, 6.45) is 1.48. The Morgan fingerprint density at radius 2 is 2.09 bits per heavy atom. The van der Waals surface area contributed by atoms with E-state index in [1.54, 1.807) is 18.2 Å². The van der Waals surface area contributed by atoms with Crippen molar-refractivity contribution in [1.29, 1.82) is 0 Å². The van der Waals surface area contributed by atoms with Crippen molar-refractivity contribution in [3.63, 3.8) is 0 Å². The maximum absolute atomic E-state index is 11.8. The Kier molecular flexibility index (Phi) is 6.32. The van der Waals surface area contributed by atoms with Crippen molar-refractivity contribution in [3.8, 4) is 5.75 Å². The van der Waals surface area contributed by atoms with Crippen LogP contribution in [0.2, 0.25) is 10.0 Å². The molecule has 2 rings (SSSR count). The Labute approximate surface area is 139 Å². The van der Waals surface area contributed by atoms with Crippen LogP contribution >= 0.6 is 23.2 Å². The number of hydrogen-bond donors (Lipinski definition) is 1. The molecule has 0 aromatic heterocycles. The highest BCUT2D eigenvalue weighted by Gasteiger charge is 2.28. The van der Waals surface area contributed by atoms with Crippen molar-refractivity contribution < 1.29 is 19.0 Å². The second-order valence-corrected chi connectivity index (χ2v) is 5.99. The van der Waals surface area contributed by atoms with Crippen LogP contribution < -0.4 is 10.1 Å². The molecule has 1 heterocycles. The van der Waals surface area contributed by atoms with Crippen LogP contribution in [-0.2, 0) is 14.3 Å². The van der Waals surface area contributed by atoms with Gasteiger partial charge in [0, 0.05) is 18.0 Å². The van der Waals surface area contributed by atoms with E-state index in [1.807, 2.05) is 6.92 Å². The molecule has 1 N–H and O–H groups in total. The van der Waals surface area contributed by atoms with Crippen molar-refractivity contribution >= 4 is 29.1 Å². The fraction of sp³-hybridized carbons (Fsp3) is 0.533. The van der Waals surface area contributed by atoms with Gasteiger partial charge in [0.15, 0.2) is 12.4 Å². The summed E-state index contributed by atoms with van der Waals surface area (Å²) in [5.41, 5.74) is 0. The summed E-state index contributed by atoms with van der Waals surface area (Å²) < 4.78 is 16.5. The summed E-state index contributed by atoms with van der Waals surface area (Å²) in [6, 6.07) is 4.84. The molecule has 0 aliphatic carbocycles. The zero-order valence-electron chi connectivity index (χ0n) is 12.4. The van der Waals surface area contributed by atoms with E-state index in [1.165, 1.54) is 0 Å². The molecule has 0 bridgehead atoms. The first-order valence-electron chi connectivity index (χ1n) is 7.11. The molecule has 1 aromatic rings. The fourth-order valence-corrected chi connectivity index (χ4v) is 2.50. The molecule has 1 aliphatic rings. The minimum Gasteiger partial charge on any atom is -0.482 e. The van der Waals surface area contributed by atoms with Gasteiger partial charge in [-0.15, -0.1) is 0 Å². The van der Waals surface area contributed by atoms with Gasteiger partial charge < -0.3 is 19.5 Å². The van der Waals surface area contributed by atoms with Crippen molar-refractivity contribution in [2.75, 3.05) is 26.4 Å². The third-order valence-corrected chi connectivity index (χ3v) is 3.79. The highest BCUT2D eigenvalue weighted by Crippen LogP contribution is 2.27. The van der Waals surface area contributed by atoms with Crippen LogP contribution in [0.5, 0.6) is 5.75 Å². The smallest absolute Gasteiger partial charge is 0.257 e. The lowest BCUT2D eigenvalue weighted by Gasteiger charge is -2.33. The molecule has 7 heteroatoms. The van der Waals surface area contributed by atoms with Gasteiger partial charge in [-0.1, -0.05) is 23.2 Å². The van der Waals surface area contributed by atoms with Gasteiger partial charge in [0.25, 0.3) is 5.91 Å². The molecule has 5 nitrogen and oxygen atoms in total. The summed E-state index contributed by atoms with van der Waals surface area (Å²) >= 11 is 11.8. The topological polar surface area (TPSA) is 56.8 Å². The summed E-state index contributed by atoms with van der Waals surface area (Å²) in [7, 11) is 0. The van der Waals surface area contributed by atoms with E-state index in [4.69, 9.17) is 37.4 Å². The molecule has 22 heavy (non-hydrogen) atoms. The molecular formula is C15H19Cl2NO4. The molecule has 1 fully saturated rings. The SMILES string of the molecule is CC1(CCNC(=O)COc2ccc(Cl)cc2Cl)OCCCO1. The number of benzene rings is 1. The Morgan fingerprint density at radius 3 is 2.77 bits per heavy atom. The molecule has 1 saturated heterocycles. The van der Waals surface area contributed by atoms with Gasteiger partial charge in [-0.05, 0) is 31.5 Å². The largest absolute Gasteiger partial charge is 0.482 e. The molecule has 0 saturated carbocycles. The lowest BCUT2D eigenvalue weighted by molar-refractivity contribution is -0.257. The highest BCUT2D eigenvalue weighted by molar-refractivity contribution is 6.35. The maximum Gasteiger partial charge on any atom is 0.257 e. The Morgan fingerprint density at radius 1 is 1.36 bits per heavy atom. The molecule has 0 spiro atoms. The first-order chi connectivity index (χ1) is 10.5. The van der Waals surface area contributed by atoms with Gasteiger partial charge in [-0.2, -0.15) is 0 Å². The van der Waals surface area contributed by atoms with Gasteiger partial charge in [0.05, 0.1) is 18.2 Å². The number of nitrogens with one attached hydrogen (secondary N) is 1. The van der Waals surface area contributed by atoms with Crippen LogP contribution in [0.25, 0.3) is 0 Å². The van der Waals surface area contributed by atoms with Crippen molar-refractivity contribution in [2.24, 2.45) is 0 Å². The molecule has 0 unspecified atom stereocenters. The van der Waals surface area contributed by atoms with Crippen LogP contribution in [-0.4, -0.2) is 38.1 Å². The fourth-order valence-electron chi connectivity index (χ4n) is 2.04. The zero-order chi connectivity index (χ0) is 16.0. The van der Waals surface area contributed by atoms with Crippen LogP contribution in [0.15, 0.2) is 18.2 Å². The average Bonchev–Trinajstić information content (AvgIpc) is 2.47. The lowest BCUT2D eigenvalue weighted by Crippen LogP contribution is -2.41. The van der Waals surface area contributed by atoms with Gasteiger partial charge >= 0.3 is 0 Å².